The van der Waals surface area contributed by atoms with E-state index in [1.54, 1.807) is 6.08 Å². The van der Waals surface area contributed by atoms with Crippen LogP contribution in [0.1, 0.15) is 32.3 Å². The number of carbonyl (C=O) groups is 2. The van der Waals surface area contributed by atoms with Crippen LogP contribution in [-0.2, 0) is 4.79 Å². The van der Waals surface area contributed by atoms with Gasteiger partial charge in [-0.3, -0.25) is 19.4 Å². The summed E-state index contributed by atoms with van der Waals surface area (Å²) in [5.74, 6) is -0.197. The highest BCUT2D eigenvalue weighted by Crippen LogP contribution is 2.32. The van der Waals surface area contributed by atoms with E-state index in [0.717, 1.165) is 47.7 Å². The summed E-state index contributed by atoms with van der Waals surface area (Å²) in [4.78, 5) is 28.7. The van der Waals surface area contributed by atoms with Crippen LogP contribution in [0.5, 0.6) is 0 Å². The largest absolute Gasteiger partial charge is 0.294 e. The summed E-state index contributed by atoms with van der Waals surface area (Å²) >= 11 is 4.43. The molecular weight excluding hydrogens is 376 g/mol. The van der Waals surface area contributed by atoms with Crippen LogP contribution < -0.4 is 0 Å². The maximum absolute atomic E-state index is 12.5. The molecule has 0 aromatic heterocycles. The predicted octanol–water partition coefficient (Wildman–Crippen LogP) is 4.56. The van der Waals surface area contributed by atoms with E-state index in [4.69, 9.17) is 0 Å². The van der Waals surface area contributed by atoms with Crippen LogP contribution in [0.2, 0.25) is 0 Å². The predicted molar refractivity (Wildman–Crippen MR) is 99.0 cm³/mol. The van der Waals surface area contributed by atoms with Crippen molar-refractivity contribution in [3.05, 3.63) is 39.2 Å². The summed E-state index contributed by atoms with van der Waals surface area (Å²) in [7, 11) is 0. The third-order valence-corrected chi connectivity index (χ3v) is 4.84. The zero-order valence-electron chi connectivity index (χ0n) is 13.4. The Bertz CT molecular complexity index is 612. The van der Waals surface area contributed by atoms with Gasteiger partial charge in [0.2, 0.25) is 0 Å². The van der Waals surface area contributed by atoms with Crippen LogP contribution >= 0.6 is 27.7 Å². The van der Waals surface area contributed by atoms with Gasteiger partial charge in [-0.25, -0.2) is 0 Å². The highest BCUT2D eigenvalue weighted by molar-refractivity contribution is 9.10. The fraction of sp³-hybridized carbons (Fsp3) is 0.412. The standard InChI is InChI=1S/C17H21BrN2O2S/c1-3-8-19(9-4-2)12-20-16(21)15(23-17(20)22)11-13-6-5-7-14(18)10-13/h5-7,10-11H,3-4,8-9,12H2,1-2H3/b15-11+. The van der Waals surface area contributed by atoms with E-state index < -0.39 is 0 Å². The molecule has 6 heteroatoms. The van der Waals surface area contributed by atoms with E-state index >= 15 is 0 Å². The lowest BCUT2D eigenvalue weighted by Crippen LogP contribution is -2.41. The van der Waals surface area contributed by atoms with Gasteiger partial charge in [0.15, 0.2) is 0 Å². The number of halogens is 1. The Morgan fingerprint density at radius 3 is 2.52 bits per heavy atom. The number of hydrogen-bond acceptors (Lipinski definition) is 4. The molecule has 4 nitrogen and oxygen atoms in total. The van der Waals surface area contributed by atoms with Crippen molar-refractivity contribution in [2.24, 2.45) is 0 Å². The van der Waals surface area contributed by atoms with E-state index in [-0.39, 0.29) is 11.1 Å². The monoisotopic (exact) mass is 396 g/mol. The molecule has 124 valence electrons. The summed E-state index contributed by atoms with van der Waals surface area (Å²) in [5, 5.41) is -0.187. The van der Waals surface area contributed by atoms with Crippen LogP contribution in [-0.4, -0.2) is 40.7 Å². The molecule has 2 amide bonds. The summed E-state index contributed by atoms with van der Waals surface area (Å²) in [6.07, 6.45) is 3.79. The van der Waals surface area contributed by atoms with Gasteiger partial charge in [-0.15, -0.1) is 0 Å². The Morgan fingerprint density at radius 2 is 1.91 bits per heavy atom. The molecule has 1 aliphatic rings. The van der Waals surface area contributed by atoms with Gasteiger partial charge in [0, 0.05) is 4.47 Å². The quantitative estimate of drug-likeness (QED) is 0.633. The van der Waals surface area contributed by atoms with E-state index in [2.05, 4.69) is 34.7 Å². The Balaban J connectivity index is 2.13. The lowest BCUT2D eigenvalue weighted by Gasteiger charge is -2.25. The van der Waals surface area contributed by atoms with Gasteiger partial charge in [-0.1, -0.05) is 41.9 Å². The maximum atomic E-state index is 12.5. The molecule has 1 aromatic rings. The molecule has 1 saturated heterocycles. The Labute approximate surface area is 150 Å². The minimum atomic E-state index is -0.197. The van der Waals surface area contributed by atoms with Crippen molar-refractivity contribution in [1.29, 1.82) is 0 Å². The lowest BCUT2D eigenvalue weighted by molar-refractivity contribution is -0.124. The van der Waals surface area contributed by atoms with Gasteiger partial charge >= 0.3 is 0 Å². The number of rotatable bonds is 7. The van der Waals surface area contributed by atoms with Gasteiger partial charge in [0.05, 0.1) is 11.6 Å². The number of amides is 2. The molecule has 0 spiro atoms. The summed E-state index contributed by atoms with van der Waals surface area (Å²) < 4.78 is 0.947. The topological polar surface area (TPSA) is 40.6 Å². The van der Waals surface area contributed by atoms with Gasteiger partial charge < -0.3 is 0 Å². The number of imide groups is 1. The van der Waals surface area contributed by atoms with E-state index in [1.165, 1.54) is 4.90 Å². The number of benzene rings is 1. The van der Waals surface area contributed by atoms with Gasteiger partial charge in [0.25, 0.3) is 11.1 Å². The molecule has 0 bridgehead atoms. The number of carbonyl (C=O) groups excluding carboxylic acids is 2. The van der Waals surface area contributed by atoms with Crippen LogP contribution in [0.3, 0.4) is 0 Å². The van der Waals surface area contributed by atoms with Gasteiger partial charge in [-0.05, 0) is 61.5 Å². The number of hydrogen-bond donors (Lipinski definition) is 0. The molecule has 0 atom stereocenters. The van der Waals surface area contributed by atoms with Crippen molar-refractivity contribution in [1.82, 2.24) is 9.80 Å². The fourth-order valence-corrected chi connectivity index (χ4v) is 3.70. The van der Waals surface area contributed by atoms with Gasteiger partial charge in [-0.2, -0.15) is 0 Å². The first-order chi connectivity index (χ1) is 11.0. The van der Waals surface area contributed by atoms with Crippen LogP contribution in [0.25, 0.3) is 6.08 Å². The van der Waals surface area contributed by atoms with Crippen LogP contribution in [0.15, 0.2) is 33.6 Å². The van der Waals surface area contributed by atoms with Crippen molar-refractivity contribution in [2.45, 2.75) is 26.7 Å². The van der Waals surface area contributed by atoms with Crippen molar-refractivity contribution in [2.75, 3.05) is 19.8 Å². The third kappa shape index (κ3) is 4.93. The van der Waals surface area contributed by atoms with Crippen molar-refractivity contribution in [3.63, 3.8) is 0 Å². The molecule has 1 aromatic carbocycles. The minimum Gasteiger partial charge on any atom is -0.286 e. The van der Waals surface area contributed by atoms with Crippen LogP contribution in [0, 0.1) is 0 Å². The molecule has 1 heterocycles. The number of thioether (sulfide) groups is 1. The average molecular weight is 397 g/mol. The molecule has 1 fully saturated rings. The first kappa shape index (κ1) is 18.2. The minimum absolute atomic E-state index is 0.187. The Kier molecular flexibility index (Phi) is 6.87. The third-order valence-electron chi connectivity index (χ3n) is 3.44. The second-order valence-electron chi connectivity index (χ2n) is 5.42. The first-order valence-electron chi connectivity index (χ1n) is 7.78. The smallest absolute Gasteiger partial charge is 0.286 e. The molecular formula is C17H21BrN2O2S. The molecule has 2 rings (SSSR count). The average Bonchev–Trinajstić information content (AvgIpc) is 2.75. The SMILES string of the molecule is CCCN(CCC)CN1C(=O)S/C(=C/c2cccc(Br)c2)C1=O. The summed E-state index contributed by atoms with van der Waals surface area (Å²) in [6.45, 7) is 6.36. The zero-order chi connectivity index (χ0) is 16.8. The van der Waals surface area contributed by atoms with Crippen molar-refractivity contribution < 1.29 is 9.59 Å². The molecule has 0 saturated carbocycles. The van der Waals surface area contributed by atoms with Gasteiger partial charge in [0.1, 0.15) is 0 Å². The van der Waals surface area contributed by atoms with Crippen LogP contribution in [0.4, 0.5) is 4.79 Å². The Hall–Kier alpha value is -1.11. The molecule has 0 radical (unpaired) electrons. The molecule has 23 heavy (non-hydrogen) atoms. The molecule has 0 aliphatic carbocycles. The summed E-state index contributed by atoms with van der Waals surface area (Å²) in [5.41, 5.74) is 0.906. The van der Waals surface area contributed by atoms with E-state index in [9.17, 15) is 9.59 Å². The number of nitrogens with zero attached hydrogens (tertiary/aromatic N) is 2. The molecule has 1 aliphatic heterocycles. The fourth-order valence-electron chi connectivity index (χ4n) is 2.46. The van der Waals surface area contributed by atoms with E-state index in [0.29, 0.717) is 11.6 Å². The first-order valence-corrected chi connectivity index (χ1v) is 9.39. The second kappa shape index (κ2) is 8.66. The lowest BCUT2D eigenvalue weighted by atomic mass is 10.2. The highest BCUT2D eigenvalue weighted by atomic mass is 79.9. The van der Waals surface area contributed by atoms with Crippen molar-refractivity contribution >= 4 is 44.9 Å². The van der Waals surface area contributed by atoms with Crippen molar-refractivity contribution in [3.8, 4) is 0 Å². The van der Waals surface area contributed by atoms with E-state index in [1.807, 2.05) is 24.3 Å². The Morgan fingerprint density at radius 1 is 1.22 bits per heavy atom. The highest BCUT2D eigenvalue weighted by Gasteiger charge is 2.35. The zero-order valence-corrected chi connectivity index (χ0v) is 15.8. The summed E-state index contributed by atoms with van der Waals surface area (Å²) in [6, 6.07) is 7.68. The maximum Gasteiger partial charge on any atom is 0.294 e. The second-order valence-corrected chi connectivity index (χ2v) is 7.33. The normalized spacial score (nSPS) is 16.9. The molecule has 0 unspecified atom stereocenters. The molecule has 0 N–H and O–H groups in total.